The molecule has 0 radical (unpaired) electrons. The quantitative estimate of drug-likeness (QED) is 0.140. The average molecular weight is 512 g/mol. The van der Waals surface area contributed by atoms with E-state index in [0.29, 0.717) is 38.8 Å². The number of aliphatic hydroxyl groups excluding tert-OH is 1. The maximum atomic E-state index is 12.6. The van der Waals surface area contributed by atoms with Gasteiger partial charge >= 0.3 is 26.1 Å². The molecule has 35 heavy (non-hydrogen) atoms. The highest BCUT2D eigenvalue weighted by Gasteiger charge is 2.39. The molecule has 10 nitrogen and oxygen atoms in total. The lowest BCUT2D eigenvalue weighted by Gasteiger charge is -2.13. The minimum absolute atomic E-state index is 0.118. The van der Waals surface area contributed by atoms with Gasteiger partial charge in [-0.3, -0.25) is 0 Å². The Morgan fingerprint density at radius 2 is 1.94 bits per heavy atom. The average Bonchev–Trinajstić information content (AvgIpc) is 3.41. The number of aliphatic hydroxyl groups is 1. The Hall–Kier alpha value is -2.39. The molecule has 4 atom stereocenters. The minimum Gasteiger partial charge on any atom is -0.445 e. The lowest BCUT2D eigenvalue weighted by molar-refractivity contribution is -0.166. The molecule has 1 aliphatic heterocycles. The third-order valence-corrected chi connectivity index (χ3v) is 6.68. The molecule has 1 saturated heterocycles. The van der Waals surface area contributed by atoms with Crippen LogP contribution in [0.25, 0.3) is 0 Å². The van der Waals surface area contributed by atoms with Gasteiger partial charge in [-0.1, -0.05) is 43.7 Å². The SMILES string of the molecule is CCCCC(O)[P+](=O)OC(CCCCNC(=O)OCc1ccccc1)C(=O)OC(=O)[C@@H]1CCCN1. The van der Waals surface area contributed by atoms with Crippen LogP contribution in [0.3, 0.4) is 0 Å². The van der Waals surface area contributed by atoms with Crippen LogP contribution in [0, 0.1) is 0 Å². The van der Waals surface area contributed by atoms with E-state index in [0.717, 1.165) is 18.4 Å². The highest BCUT2D eigenvalue weighted by atomic mass is 31.1. The number of hydrogen-bond acceptors (Lipinski definition) is 9. The van der Waals surface area contributed by atoms with Crippen molar-refractivity contribution < 1.29 is 38.1 Å². The van der Waals surface area contributed by atoms with Gasteiger partial charge in [0, 0.05) is 13.0 Å². The molecule has 2 rings (SSSR count). The Morgan fingerprint density at radius 3 is 2.63 bits per heavy atom. The number of amides is 1. The Labute approximate surface area is 207 Å². The van der Waals surface area contributed by atoms with Crippen molar-refractivity contribution in [1.82, 2.24) is 10.6 Å². The summed E-state index contributed by atoms with van der Waals surface area (Å²) in [6.07, 6.45) is 2.36. The third kappa shape index (κ3) is 11.3. The molecule has 3 unspecified atom stereocenters. The second kappa shape index (κ2) is 16.3. The molecule has 0 saturated carbocycles. The first-order valence-corrected chi connectivity index (χ1v) is 13.4. The summed E-state index contributed by atoms with van der Waals surface area (Å²) in [4.78, 5) is 36.6. The van der Waals surface area contributed by atoms with E-state index in [9.17, 15) is 24.1 Å². The van der Waals surface area contributed by atoms with Gasteiger partial charge in [0.05, 0.1) is 0 Å². The molecule has 0 aliphatic carbocycles. The fourth-order valence-corrected chi connectivity index (χ4v) is 4.42. The van der Waals surface area contributed by atoms with E-state index in [1.807, 2.05) is 37.3 Å². The van der Waals surface area contributed by atoms with Crippen molar-refractivity contribution in [2.75, 3.05) is 13.1 Å². The van der Waals surface area contributed by atoms with Crippen LogP contribution in [-0.4, -0.2) is 54.2 Å². The lowest BCUT2D eigenvalue weighted by atomic mass is 10.1. The zero-order valence-corrected chi connectivity index (χ0v) is 21.0. The fraction of sp³-hybridized carbons (Fsp3) is 0.625. The number of carbonyl (C=O) groups is 3. The number of esters is 2. The number of alkyl carbamates (subject to hydrolysis) is 1. The van der Waals surface area contributed by atoms with Crippen molar-refractivity contribution in [1.29, 1.82) is 0 Å². The smallest absolute Gasteiger partial charge is 0.445 e. The van der Waals surface area contributed by atoms with Gasteiger partial charge in [-0.25, -0.2) is 14.4 Å². The number of nitrogens with one attached hydrogen (secondary N) is 2. The van der Waals surface area contributed by atoms with Crippen molar-refractivity contribution in [3.63, 3.8) is 0 Å². The Kier molecular flexibility index (Phi) is 13.4. The predicted molar refractivity (Wildman–Crippen MR) is 129 cm³/mol. The first kappa shape index (κ1) is 28.8. The summed E-state index contributed by atoms with van der Waals surface area (Å²) < 4.78 is 27.8. The number of rotatable bonds is 15. The van der Waals surface area contributed by atoms with Crippen LogP contribution in [0.1, 0.15) is 63.9 Å². The van der Waals surface area contributed by atoms with Crippen LogP contribution in [0.15, 0.2) is 30.3 Å². The molecule has 194 valence electrons. The molecule has 1 fully saturated rings. The summed E-state index contributed by atoms with van der Waals surface area (Å²) in [5, 5.41) is 15.6. The van der Waals surface area contributed by atoms with Gasteiger partial charge in [0.15, 0.2) is 0 Å². The molecule has 3 N–H and O–H groups in total. The van der Waals surface area contributed by atoms with Gasteiger partial charge in [0.1, 0.15) is 12.6 Å². The lowest BCUT2D eigenvalue weighted by Crippen LogP contribution is -2.37. The van der Waals surface area contributed by atoms with E-state index in [1.165, 1.54) is 0 Å². The molecule has 0 spiro atoms. The first-order chi connectivity index (χ1) is 16.9. The first-order valence-electron chi connectivity index (χ1n) is 12.1. The zero-order chi connectivity index (χ0) is 25.5. The maximum absolute atomic E-state index is 12.6. The molecule has 11 heteroatoms. The summed E-state index contributed by atoms with van der Waals surface area (Å²) in [6.45, 7) is 3.07. The number of hydrogen-bond donors (Lipinski definition) is 3. The van der Waals surface area contributed by atoms with Gasteiger partial charge in [0.25, 0.3) is 5.85 Å². The van der Waals surface area contributed by atoms with E-state index in [4.69, 9.17) is 14.0 Å². The van der Waals surface area contributed by atoms with Crippen molar-refractivity contribution in [3.8, 4) is 0 Å². The van der Waals surface area contributed by atoms with Crippen molar-refractivity contribution in [2.45, 2.75) is 82.9 Å². The van der Waals surface area contributed by atoms with Gasteiger partial charge in [-0.05, 0) is 55.2 Å². The zero-order valence-electron chi connectivity index (χ0n) is 20.1. The minimum atomic E-state index is -2.53. The molecular formula is C24H36N2O8P+. The van der Waals surface area contributed by atoms with Gasteiger partial charge in [0.2, 0.25) is 6.10 Å². The summed E-state index contributed by atoms with van der Waals surface area (Å²) in [5.41, 5.74) is 0.874. The van der Waals surface area contributed by atoms with Crippen molar-refractivity contribution in [2.24, 2.45) is 0 Å². The van der Waals surface area contributed by atoms with Crippen LogP contribution in [0.2, 0.25) is 0 Å². The topological polar surface area (TPSA) is 140 Å². The molecule has 1 aromatic rings. The molecule has 1 amide bonds. The molecule has 1 aliphatic rings. The van der Waals surface area contributed by atoms with E-state index in [-0.39, 0.29) is 19.4 Å². The molecule has 0 aromatic heterocycles. The predicted octanol–water partition coefficient (Wildman–Crippen LogP) is 3.54. The van der Waals surface area contributed by atoms with Gasteiger partial charge in [-0.15, -0.1) is 4.52 Å². The maximum Gasteiger partial charge on any atom is 0.541 e. The summed E-state index contributed by atoms with van der Waals surface area (Å²) in [5.74, 6) is -2.82. The summed E-state index contributed by atoms with van der Waals surface area (Å²) in [6, 6.07) is 8.74. The van der Waals surface area contributed by atoms with E-state index in [2.05, 4.69) is 10.6 Å². The van der Waals surface area contributed by atoms with Crippen molar-refractivity contribution >= 4 is 26.1 Å². The van der Waals surface area contributed by atoms with E-state index >= 15 is 0 Å². The van der Waals surface area contributed by atoms with Crippen LogP contribution in [0.5, 0.6) is 0 Å². The summed E-state index contributed by atoms with van der Waals surface area (Å²) >= 11 is 0. The number of carbonyl (C=O) groups excluding carboxylic acids is 3. The van der Waals surface area contributed by atoms with Crippen LogP contribution < -0.4 is 10.6 Å². The second-order valence-corrected chi connectivity index (χ2v) is 9.75. The third-order valence-electron chi connectivity index (χ3n) is 5.47. The largest absolute Gasteiger partial charge is 0.541 e. The Morgan fingerprint density at radius 1 is 1.17 bits per heavy atom. The van der Waals surface area contributed by atoms with E-state index < -0.39 is 44.1 Å². The number of unbranched alkanes of at least 4 members (excludes halogenated alkanes) is 2. The van der Waals surface area contributed by atoms with Gasteiger partial charge < -0.3 is 25.2 Å². The van der Waals surface area contributed by atoms with E-state index in [1.54, 1.807) is 0 Å². The Balaban J connectivity index is 1.78. The Bertz CT molecular complexity index is 817. The highest BCUT2D eigenvalue weighted by molar-refractivity contribution is 7.39. The van der Waals surface area contributed by atoms with Crippen molar-refractivity contribution in [3.05, 3.63) is 35.9 Å². The second-order valence-electron chi connectivity index (χ2n) is 8.38. The standard InChI is InChI=1S/C24H35N2O8P/c1-2-3-14-21(27)35(31)34-20(23(29)33-22(28)19-12-9-16-25-19)13-7-8-15-26-24(30)32-17-18-10-5-4-6-11-18/h4-6,10-11,19-21,25,27H,2-3,7-9,12-17H2,1H3/p+1/t19-,20?,21?/m0/s1. The normalized spacial score (nSPS) is 17.3. The molecule has 0 bridgehead atoms. The highest BCUT2D eigenvalue weighted by Crippen LogP contribution is 2.34. The summed E-state index contributed by atoms with van der Waals surface area (Å²) in [7, 11) is -2.53. The van der Waals surface area contributed by atoms with Gasteiger partial charge in [-0.2, -0.15) is 0 Å². The fourth-order valence-electron chi connectivity index (χ4n) is 3.44. The van der Waals surface area contributed by atoms with Crippen LogP contribution >= 0.6 is 8.03 Å². The number of ether oxygens (including phenoxy) is 2. The number of benzene rings is 1. The molecule has 1 heterocycles. The monoisotopic (exact) mass is 511 g/mol. The van der Waals surface area contributed by atoms with Crippen LogP contribution in [0.4, 0.5) is 4.79 Å². The molecular weight excluding hydrogens is 475 g/mol. The molecule has 1 aromatic carbocycles. The van der Waals surface area contributed by atoms with Crippen LogP contribution in [-0.2, 0) is 34.8 Å².